The normalized spacial score (nSPS) is 15.2. The number of hydrogen-bond donors (Lipinski definition) is 0. The van der Waals surface area contributed by atoms with Crippen LogP contribution in [0.1, 0.15) is 131 Å². The lowest BCUT2D eigenvalue weighted by molar-refractivity contribution is -0.660. The molecule has 0 amide bonds. The third-order valence-corrected chi connectivity index (χ3v) is 13.9. The molecule has 0 aliphatic carbocycles. The van der Waals surface area contributed by atoms with Crippen molar-refractivity contribution in [2.75, 3.05) is 0 Å². The van der Waals surface area contributed by atoms with Crippen LogP contribution in [-0.4, -0.2) is 0 Å². The predicted octanol–water partition coefficient (Wildman–Crippen LogP) is 17.4. The highest BCUT2D eigenvalue weighted by molar-refractivity contribution is 5.70. The summed E-state index contributed by atoms with van der Waals surface area (Å²) in [6.45, 7) is 9.74. The Balaban J connectivity index is 0.000000207. The average Bonchev–Trinajstić information content (AvgIpc) is 3.59. The number of hydrogen-bond acceptors (Lipinski definition) is 0. The zero-order chi connectivity index (χ0) is 61.9. The van der Waals surface area contributed by atoms with Crippen LogP contribution in [0.2, 0.25) is 0 Å². The summed E-state index contributed by atoms with van der Waals surface area (Å²) in [4.78, 5) is 0. The molecule has 9 aromatic rings. The van der Waals surface area contributed by atoms with Crippen molar-refractivity contribution in [1.82, 2.24) is 0 Å². The van der Waals surface area contributed by atoms with E-state index in [1.807, 2.05) is 100 Å². The number of pyridine rings is 3. The molecule has 0 aliphatic rings. The van der Waals surface area contributed by atoms with Gasteiger partial charge in [0.05, 0.1) is 0 Å². The topological polar surface area (TPSA) is 11.6 Å². The van der Waals surface area contributed by atoms with E-state index in [1.165, 1.54) is 70.1 Å². The first-order valence-corrected chi connectivity index (χ1v) is 25.4. The third kappa shape index (κ3) is 13.3. The average molecular weight is 991 g/mol. The second kappa shape index (κ2) is 25.1. The molecule has 3 nitrogen and oxygen atoms in total. The molecule has 0 spiro atoms. The van der Waals surface area contributed by atoms with E-state index < -0.39 is 32.3 Å². The minimum Gasteiger partial charge on any atom is -0.200 e. The fourth-order valence-corrected chi connectivity index (χ4v) is 9.45. The van der Waals surface area contributed by atoms with Crippen molar-refractivity contribution in [2.24, 2.45) is 21.1 Å². The number of nitrogens with zero attached hydrogens (tertiary/aromatic N) is 3. The molecular formula is C71H84N3+3. The molecule has 3 heterocycles. The Hall–Kier alpha value is -7.23. The quantitative estimate of drug-likeness (QED) is 0.121. The lowest BCUT2D eigenvalue weighted by Gasteiger charge is -2.14. The zero-order valence-corrected chi connectivity index (χ0v) is 45.0. The van der Waals surface area contributed by atoms with Crippen LogP contribution < -0.4 is 13.7 Å². The van der Waals surface area contributed by atoms with Crippen molar-refractivity contribution in [3.05, 3.63) is 232 Å². The van der Waals surface area contributed by atoms with Crippen molar-refractivity contribution in [3.63, 3.8) is 0 Å². The first-order chi connectivity index (χ1) is 39.3. The van der Waals surface area contributed by atoms with Crippen molar-refractivity contribution in [1.29, 1.82) is 0 Å². The van der Waals surface area contributed by atoms with Gasteiger partial charge in [0.1, 0.15) is 21.1 Å². The second-order valence-electron chi connectivity index (χ2n) is 19.5. The first kappa shape index (κ1) is 42.2. The van der Waals surface area contributed by atoms with E-state index >= 15 is 0 Å². The Bertz CT molecular complexity index is 3740. The minimum absolute atomic E-state index is 0. The Morgan fingerprint density at radius 2 is 0.743 bits per heavy atom. The maximum absolute atomic E-state index is 8.58. The summed E-state index contributed by atoms with van der Waals surface area (Å²) >= 11 is 0. The highest BCUT2D eigenvalue weighted by atomic mass is 14.9. The standard InChI is InChI=1S/C25H30N.C23H26N.C22H24N.CH4/c1-17(2)21-13-22(18(3)4)15-23(14-21)20-11-12-25(26(6)16-20)24-10-8-7-9-19(24)5;1-5-18-13-19(6-2)15-21(14-18)20-11-12-23(24(4)16-20)22-10-8-7-9-17(22)3;1-15-8-6-7-9-21(15)22-11-10-19(14-23(22)5)20-12-16(2)18(4)17(3)13-20;/h7-18H,1-6H3;7-16H,5-6H2,1-4H3;6-14H,1-5H3;1H4/q3*+1;/i1D3,3D3,17D,18D;;4D3;. The molecule has 9 rings (SSSR count). The summed E-state index contributed by atoms with van der Waals surface area (Å²) in [7, 11) is 6.08. The van der Waals surface area contributed by atoms with Crippen molar-refractivity contribution in [2.45, 2.75) is 115 Å². The van der Waals surface area contributed by atoms with E-state index in [2.05, 4.69) is 141 Å². The lowest BCUT2D eigenvalue weighted by atomic mass is 9.91. The molecule has 0 bridgehead atoms. The summed E-state index contributed by atoms with van der Waals surface area (Å²) in [6.07, 6.45) is 8.39. The summed E-state index contributed by atoms with van der Waals surface area (Å²) in [5.74, 6) is -3.96. The molecule has 0 fully saturated rings. The number of rotatable bonds is 10. The third-order valence-electron chi connectivity index (χ3n) is 13.9. The van der Waals surface area contributed by atoms with Gasteiger partial charge in [0, 0.05) is 66.7 Å². The van der Waals surface area contributed by atoms with Gasteiger partial charge in [-0.1, -0.05) is 152 Å². The smallest absolute Gasteiger partial charge is 0.200 e. The van der Waals surface area contributed by atoms with E-state index in [9.17, 15) is 0 Å². The molecule has 74 heavy (non-hydrogen) atoms. The van der Waals surface area contributed by atoms with Crippen LogP contribution in [-0.2, 0) is 34.0 Å². The Kier molecular flexibility index (Phi) is 14.3. The van der Waals surface area contributed by atoms with Gasteiger partial charge in [-0.25, -0.2) is 13.7 Å². The molecule has 0 N–H and O–H groups in total. The molecule has 0 radical (unpaired) electrons. The van der Waals surface area contributed by atoms with Crippen LogP contribution in [0.25, 0.3) is 67.2 Å². The fraction of sp³-hybridized carbons (Fsp3) is 0.282. The molecule has 0 saturated heterocycles. The van der Waals surface area contributed by atoms with Gasteiger partial charge < -0.3 is 0 Å². The van der Waals surface area contributed by atoms with Crippen molar-refractivity contribution < 1.29 is 28.8 Å². The van der Waals surface area contributed by atoms with E-state index in [1.54, 1.807) is 12.1 Å². The Morgan fingerprint density at radius 1 is 0.405 bits per heavy atom. The molecule has 2 unspecified atom stereocenters. The molecule has 0 aliphatic heterocycles. The molecular weight excluding hydrogens is 895 g/mol. The maximum atomic E-state index is 8.58. The van der Waals surface area contributed by atoms with Crippen molar-refractivity contribution in [3.8, 4) is 67.2 Å². The van der Waals surface area contributed by atoms with Gasteiger partial charge in [-0.2, -0.15) is 0 Å². The number of aryl methyl sites for hydroxylation is 10. The predicted molar refractivity (Wildman–Crippen MR) is 318 cm³/mol. The highest BCUT2D eigenvalue weighted by Crippen LogP contribution is 2.32. The van der Waals surface area contributed by atoms with E-state index in [-0.39, 0.29) is 18.6 Å². The molecule has 2 atom stereocenters. The second-order valence-corrected chi connectivity index (χ2v) is 19.5. The lowest BCUT2D eigenvalue weighted by Crippen LogP contribution is -2.30. The van der Waals surface area contributed by atoms with Crippen LogP contribution in [0.15, 0.2) is 176 Å². The largest absolute Gasteiger partial charge is 0.212 e. The SMILES string of the molecule is C.CCc1cc(CC)cc(-c2ccc(-c3ccccc3C)[n+](C)c2)c1.[2H]C([2H])([2H])C([2H])(C)c1cc(-c2ccc(-c3ccccc3C)[n+](C)c2)cc(C([2H])(C)C([2H])([2H])[2H])c1.[2H]C([2H])([2H])c1c(C)cc(-c2ccc(-c3ccccc3C)[n+](C)c2)cc1C. The van der Waals surface area contributed by atoms with Gasteiger partial charge >= 0.3 is 0 Å². The van der Waals surface area contributed by atoms with Gasteiger partial charge in [0.25, 0.3) is 0 Å². The van der Waals surface area contributed by atoms with Crippen LogP contribution >= 0.6 is 0 Å². The molecule has 380 valence electrons. The molecule has 6 aromatic carbocycles. The number of benzene rings is 6. The van der Waals surface area contributed by atoms with Crippen molar-refractivity contribution >= 4 is 0 Å². The van der Waals surface area contributed by atoms with Gasteiger partial charge in [0.15, 0.2) is 18.6 Å². The van der Waals surface area contributed by atoms with Crippen LogP contribution in [0.3, 0.4) is 0 Å². The summed E-state index contributed by atoms with van der Waals surface area (Å²) in [6, 6.07) is 53.0. The van der Waals surface area contributed by atoms with E-state index in [4.69, 9.17) is 15.1 Å². The molecule has 3 aromatic heterocycles. The molecule has 0 saturated carbocycles. The molecule has 3 heteroatoms. The Labute approximate surface area is 462 Å². The van der Waals surface area contributed by atoms with Gasteiger partial charge in [0.2, 0.25) is 17.1 Å². The monoisotopic (exact) mass is 990 g/mol. The van der Waals surface area contributed by atoms with Crippen LogP contribution in [0.5, 0.6) is 0 Å². The minimum atomic E-state index is -2.64. The number of aromatic nitrogens is 3. The summed E-state index contributed by atoms with van der Waals surface area (Å²) in [5, 5.41) is 0. The van der Waals surface area contributed by atoms with Gasteiger partial charge in [-0.15, -0.1) is 0 Å². The van der Waals surface area contributed by atoms with E-state index in [0.717, 1.165) is 63.2 Å². The zero-order valence-electron chi connectivity index (χ0n) is 56.0. The first-order valence-electron chi connectivity index (χ1n) is 30.9. The van der Waals surface area contributed by atoms with Gasteiger partial charge in [-0.3, -0.25) is 0 Å². The van der Waals surface area contributed by atoms with E-state index in [0.29, 0.717) is 11.1 Å². The maximum Gasteiger partial charge on any atom is 0.212 e. The fourth-order valence-electron chi connectivity index (χ4n) is 9.45. The Morgan fingerprint density at radius 3 is 1.05 bits per heavy atom. The highest BCUT2D eigenvalue weighted by Gasteiger charge is 2.18. The van der Waals surface area contributed by atoms with Crippen LogP contribution in [0, 0.1) is 41.5 Å². The van der Waals surface area contributed by atoms with Crippen LogP contribution in [0.4, 0.5) is 0 Å². The summed E-state index contributed by atoms with van der Waals surface area (Å²) in [5.41, 5.74) is 21.8. The summed E-state index contributed by atoms with van der Waals surface area (Å²) < 4.78 is 93.8. The van der Waals surface area contributed by atoms with Gasteiger partial charge in [-0.05, 0) is 175 Å².